The van der Waals surface area contributed by atoms with E-state index in [9.17, 15) is 19.1 Å². The number of hydrogen-bond acceptors (Lipinski definition) is 3. The molecular formula is C26H21BrFNO3. The molecule has 0 aliphatic carbocycles. The molecule has 0 bridgehead atoms. The normalized spacial score (nSPS) is 17.8. The van der Waals surface area contributed by atoms with Gasteiger partial charge in [0.15, 0.2) is 0 Å². The van der Waals surface area contributed by atoms with E-state index < -0.39 is 23.5 Å². The number of ketones is 1. The molecule has 1 fully saturated rings. The van der Waals surface area contributed by atoms with Crippen molar-refractivity contribution in [2.24, 2.45) is 0 Å². The fourth-order valence-corrected chi connectivity index (χ4v) is 4.16. The molecule has 1 N–H and O–H groups in total. The maximum atomic E-state index is 14.9. The summed E-state index contributed by atoms with van der Waals surface area (Å²) in [7, 11) is 0. The molecule has 3 aromatic rings. The van der Waals surface area contributed by atoms with Crippen LogP contribution < -0.4 is 4.90 Å². The molecule has 0 saturated carbocycles. The molecule has 1 saturated heterocycles. The highest BCUT2D eigenvalue weighted by Crippen LogP contribution is 2.43. The Kier molecular flexibility index (Phi) is 5.73. The molecule has 162 valence electrons. The van der Waals surface area contributed by atoms with Crippen LogP contribution in [0.5, 0.6) is 0 Å². The van der Waals surface area contributed by atoms with Crippen LogP contribution in [0.4, 0.5) is 10.1 Å². The Morgan fingerprint density at radius 2 is 1.66 bits per heavy atom. The fraction of sp³-hybridized carbons (Fsp3) is 0.154. The Morgan fingerprint density at radius 1 is 0.938 bits per heavy atom. The van der Waals surface area contributed by atoms with Crippen LogP contribution in [0.2, 0.25) is 0 Å². The quantitative estimate of drug-likeness (QED) is 0.270. The number of amides is 1. The van der Waals surface area contributed by atoms with E-state index in [1.165, 1.54) is 17.0 Å². The number of halogens is 2. The van der Waals surface area contributed by atoms with Crippen molar-refractivity contribution in [2.75, 3.05) is 4.90 Å². The summed E-state index contributed by atoms with van der Waals surface area (Å²) in [6.45, 7) is 5.69. The van der Waals surface area contributed by atoms with Gasteiger partial charge in [0, 0.05) is 21.3 Å². The zero-order chi connectivity index (χ0) is 23.2. The van der Waals surface area contributed by atoms with Gasteiger partial charge in [-0.15, -0.1) is 0 Å². The smallest absolute Gasteiger partial charge is 0.300 e. The van der Waals surface area contributed by atoms with Crippen LogP contribution in [0, 0.1) is 26.6 Å². The molecule has 1 unspecified atom stereocenters. The molecule has 0 radical (unpaired) electrons. The fourth-order valence-electron chi connectivity index (χ4n) is 3.91. The summed E-state index contributed by atoms with van der Waals surface area (Å²) in [5.41, 5.74) is 3.65. The van der Waals surface area contributed by atoms with Crippen LogP contribution in [-0.4, -0.2) is 16.8 Å². The maximum Gasteiger partial charge on any atom is 0.300 e. The van der Waals surface area contributed by atoms with E-state index in [0.29, 0.717) is 11.3 Å². The van der Waals surface area contributed by atoms with Crippen molar-refractivity contribution in [1.82, 2.24) is 0 Å². The summed E-state index contributed by atoms with van der Waals surface area (Å²) < 4.78 is 15.8. The molecule has 1 atom stereocenters. The minimum atomic E-state index is -1.10. The molecule has 0 aromatic heterocycles. The molecule has 0 spiro atoms. The summed E-state index contributed by atoms with van der Waals surface area (Å²) in [4.78, 5) is 27.6. The van der Waals surface area contributed by atoms with E-state index in [1.807, 2.05) is 26.8 Å². The van der Waals surface area contributed by atoms with Crippen molar-refractivity contribution in [3.8, 4) is 0 Å². The molecule has 1 aliphatic heterocycles. The highest BCUT2D eigenvalue weighted by molar-refractivity contribution is 9.10. The van der Waals surface area contributed by atoms with Crippen molar-refractivity contribution in [3.63, 3.8) is 0 Å². The summed E-state index contributed by atoms with van der Waals surface area (Å²) >= 11 is 3.42. The first kappa shape index (κ1) is 22.0. The van der Waals surface area contributed by atoms with Crippen LogP contribution >= 0.6 is 15.9 Å². The number of carbonyl (C=O) groups is 2. The number of carbonyl (C=O) groups excluding carboxylic acids is 2. The minimum absolute atomic E-state index is 0.139. The highest BCUT2D eigenvalue weighted by Gasteiger charge is 2.47. The first-order valence-electron chi connectivity index (χ1n) is 10.1. The van der Waals surface area contributed by atoms with Crippen molar-refractivity contribution in [2.45, 2.75) is 26.8 Å². The van der Waals surface area contributed by atoms with Crippen LogP contribution in [0.15, 0.2) is 70.7 Å². The van der Waals surface area contributed by atoms with Gasteiger partial charge in [-0.1, -0.05) is 46.3 Å². The predicted molar refractivity (Wildman–Crippen MR) is 126 cm³/mol. The Bertz CT molecular complexity index is 1300. The molecule has 1 heterocycles. The maximum absolute atomic E-state index is 14.9. The van der Waals surface area contributed by atoms with Gasteiger partial charge in [0.2, 0.25) is 0 Å². The van der Waals surface area contributed by atoms with Crippen LogP contribution in [0.1, 0.15) is 33.9 Å². The number of rotatable bonds is 3. The first-order valence-corrected chi connectivity index (χ1v) is 10.9. The van der Waals surface area contributed by atoms with Crippen molar-refractivity contribution in [1.29, 1.82) is 0 Å². The second-order valence-electron chi connectivity index (χ2n) is 7.92. The van der Waals surface area contributed by atoms with E-state index >= 15 is 0 Å². The highest BCUT2D eigenvalue weighted by atomic mass is 79.9. The van der Waals surface area contributed by atoms with Gasteiger partial charge in [-0.2, -0.15) is 0 Å². The van der Waals surface area contributed by atoms with E-state index in [4.69, 9.17) is 0 Å². The SMILES string of the molecule is Cc1ccc(N2C(=O)C(=O)/C(=C(/O)c3ccc(Br)c(C)c3)C2c2ccccc2F)cc1C. The molecule has 32 heavy (non-hydrogen) atoms. The largest absolute Gasteiger partial charge is 0.507 e. The van der Waals surface area contributed by atoms with Crippen LogP contribution in [0.25, 0.3) is 5.76 Å². The molecule has 4 rings (SSSR count). The lowest BCUT2D eigenvalue weighted by Gasteiger charge is -2.26. The zero-order valence-corrected chi connectivity index (χ0v) is 19.4. The second-order valence-corrected chi connectivity index (χ2v) is 8.78. The number of nitrogens with zero attached hydrogens (tertiary/aromatic N) is 1. The number of benzene rings is 3. The number of Topliss-reactive ketones (excluding diaryl/α,β-unsaturated/α-hetero) is 1. The number of anilines is 1. The van der Waals surface area contributed by atoms with Gasteiger partial charge < -0.3 is 5.11 Å². The molecular weight excluding hydrogens is 473 g/mol. The van der Waals surface area contributed by atoms with E-state index in [-0.39, 0.29) is 16.9 Å². The molecule has 1 amide bonds. The third-order valence-electron chi connectivity index (χ3n) is 5.84. The standard InChI is InChI=1S/C26H21BrFNO3/c1-14-8-10-18(13-15(14)2)29-23(19-6-4-5-7-21(19)28)22(25(31)26(29)32)24(30)17-9-11-20(27)16(3)12-17/h4-13,23,30H,1-3H3/b24-22+. The molecule has 4 nitrogen and oxygen atoms in total. The van der Waals surface area contributed by atoms with Gasteiger partial charge >= 0.3 is 0 Å². The third kappa shape index (κ3) is 3.65. The lowest BCUT2D eigenvalue weighted by molar-refractivity contribution is -0.132. The van der Waals surface area contributed by atoms with Crippen LogP contribution in [-0.2, 0) is 9.59 Å². The average molecular weight is 494 g/mol. The van der Waals surface area contributed by atoms with Crippen molar-refractivity contribution < 1.29 is 19.1 Å². The predicted octanol–water partition coefficient (Wildman–Crippen LogP) is 6.14. The third-order valence-corrected chi connectivity index (χ3v) is 6.73. The summed E-state index contributed by atoms with van der Waals surface area (Å²) in [6, 6.07) is 15.4. The lowest BCUT2D eigenvalue weighted by atomic mass is 9.94. The lowest BCUT2D eigenvalue weighted by Crippen LogP contribution is -2.30. The summed E-state index contributed by atoms with van der Waals surface area (Å²) in [6.07, 6.45) is 0. The van der Waals surface area contributed by atoms with Gasteiger partial charge in [0.25, 0.3) is 11.7 Å². The van der Waals surface area contributed by atoms with Crippen molar-refractivity contribution >= 4 is 39.1 Å². The second kappa shape index (κ2) is 8.36. The van der Waals surface area contributed by atoms with Gasteiger partial charge in [-0.05, 0) is 67.8 Å². The first-order chi connectivity index (χ1) is 15.2. The van der Waals surface area contributed by atoms with E-state index in [0.717, 1.165) is 21.2 Å². The Labute approximate surface area is 194 Å². The van der Waals surface area contributed by atoms with E-state index in [1.54, 1.807) is 42.5 Å². The van der Waals surface area contributed by atoms with Gasteiger partial charge in [-0.25, -0.2) is 4.39 Å². The molecule has 6 heteroatoms. The zero-order valence-electron chi connectivity index (χ0n) is 17.8. The Hall–Kier alpha value is -3.25. The van der Waals surface area contributed by atoms with Crippen molar-refractivity contribution in [3.05, 3.63) is 104 Å². The summed E-state index contributed by atoms with van der Waals surface area (Å²) in [5.74, 6) is -2.56. The molecule has 1 aliphatic rings. The molecule has 3 aromatic carbocycles. The van der Waals surface area contributed by atoms with Gasteiger partial charge in [0.05, 0.1) is 11.6 Å². The summed E-state index contributed by atoms with van der Waals surface area (Å²) in [5, 5.41) is 11.2. The number of aryl methyl sites for hydroxylation is 3. The minimum Gasteiger partial charge on any atom is -0.507 e. The average Bonchev–Trinajstić information content (AvgIpc) is 3.02. The topological polar surface area (TPSA) is 57.6 Å². The Morgan fingerprint density at radius 3 is 2.31 bits per heavy atom. The van der Waals surface area contributed by atoms with Gasteiger partial charge in [0.1, 0.15) is 11.6 Å². The Balaban J connectivity index is 1.99. The van der Waals surface area contributed by atoms with Crippen LogP contribution in [0.3, 0.4) is 0 Å². The van der Waals surface area contributed by atoms with E-state index in [2.05, 4.69) is 15.9 Å². The monoisotopic (exact) mass is 493 g/mol. The number of aliphatic hydroxyl groups excluding tert-OH is 1. The number of hydrogen-bond donors (Lipinski definition) is 1. The number of aliphatic hydroxyl groups is 1. The van der Waals surface area contributed by atoms with Gasteiger partial charge in [-0.3, -0.25) is 14.5 Å².